The van der Waals surface area contributed by atoms with Crippen LogP contribution in [0.3, 0.4) is 0 Å². The topological polar surface area (TPSA) is 48.5 Å². The van der Waals surface area contributed by atoms with Crippen LogP contribution >= 0.6 is 11.3 Å². The van der Waals surface area contributed by atoms with E-state index in [0.717, 1.165) is 49.1 Å². The first-order chi connectivity index (χ1) is 11.2. The smallest absolute Gasteiger partial charge is 0.182 e. The number of carbonyl (C=O) groups excluding carboxylic acids is 1. The number of thiazole rings is 1. The zero-order valence-corrected chi connectivity index (χ0v) is 14.4. The summed E-state index contributed by atoms with van der Waals surface area (Å²) in [6, 6.07) is 7.93. The summed E-state index contributed by atoms with van der Waals surface area (Å²) in [6.07, 6.45) is 0. The van der Waals surface area contributed by atoms with E-state index in [-0.39, 0.29) is 5.78 Å². The maximum Gasteiger partial charge on any atom is 0.182 e. The van der Waals surface area contributed by atoms with Crippen LogP contribution in [0.25, 0.3) is 0 Å². The average molecular weight is 330 g/mol. The van der Waals surface area contributed by atoms with Crippen molar-refractivity contribution in [2.45, 2.75) is 13.5 Å². The van der Waals surface area contributed by atoms with Crippen LogP contribution in [0.5, 0.6) is 0 Å². The van der Waals surface area contributed by atoms with Crippen molar-refractivity contribution in [3.8, 4) is 0 Å². The quantitative estimate of drug-likeness (QED) is 0.854. The van der Waals surface area contributed by atoms with Gasteiger partial charge in [0, 0.05) is 56.4 Å². The minimum Gasteiger partial charge on any atom is -0.369 e. The lowest BCUT2D eigenvalue weighted by molar-refractivity contribution is 0.101. The Morgan fingerprint density at radius 2 is 1.91 bits per heavy atom. The number of Topliss-reactive ketones (excluding diaryl/α,β-unsaturated/α-hetero) is 1. The molecule has 2 aromatic rings. The standard InChI is InChI=1S/C17H22N4OS/c1-13(22)14-3-5-16(6-4-14)21-9-7-20(8-10-21)11-15-12-23-17(18-2)19-15/h3-6,12H,7-11H2,1-2H3,(H,18,19). The highest BCUT2D eigenvalue weighted by molar-refractivity contribution is 7.13. The summed E-state index contributed by atoms with van der Waals surface area (Å²) < 4.78 is 0. The molecule has 1 aliphatic heterocycles. The summed E-state index contributed by atoms with van der Waals surface area (Å²) in [4.78, 5) is 20.7. The monoisotopic (exact) mass is 330 g/mol. The molecule has 122 valence electrons. The molecule has 0 unspecified atom stereocenters. The van der Waals surface area contributed by atoms with Crippen LogP contribution in [-0.4, -0.2) is 48.9 Å². The zero-order valence-electron chi connectivity index (χ0n) is 13.6. The second-order valence-electron chi connectivity index (χ2n) is 5.76. The highest BCUT2D eigenvalue weighted by atomic mass is 32.1. The molecule has 0 bridgehead atoms. The molecule has 1 N–H and O–H groups in total. The van der Waals surface area contributed by atoms with Crippen molar-refractivity contribution < 1.29 is 4.79 Å². The lowest BCUT2D eigenvalue weighted by Crippen LogP contribution is -2.46. The van der Waals surface area contributed by atoms with E-state index in [0.29, 0.717) is 0 Å². The van der Waals surface area contributed by atoms with Gasteiger partial charge in [-0.1, -0.05) is 0 Å². The van der Waals surface area contributed by atoms with Crippen molar-refractivity contribution in [3.63, 3.8) is 0 Å². The first-order valence-electron chi connectivity index (χ1n) is 7.86. The molecule has 6 heteroatoms. The fourth-order valence-electron chi connectivity index (χ4n) is 2.79. The average Bonchev–Trinajstić information content (AvgIpc) is 3.03. The number of benzene rings is 1. The van der Waals surface area contributed by atoms with Crippen LogP contribution in [-0.2, 0) is 6.54 Å². The van der Waals surface area contributed by atoms with Crippen molar-refractivity contribution in [3.05, 3.63) is 40.9 Å². The van der Waals surface area contributed by atoms with Gasteiger partial charge in [0.2, 0.25) is 0 Å². The molecule has 0 spiro atoms. The van der Waals surface area contributed by atoms with E-state index in [1.807, 2.05) is 31.3 Å². The molecule has 5 nitrogen and oxygen atoms in total. The molecule has 0 saturated carbocycles. The van der Waals surface area contributed by atoms with E-state index in [4.69, 9.17) is 0 Å². The molecule has 3 rings (SSSR count). The summed E-state index contributed by atoms with van der Waals surface area (Å²) in [5.41, 5.74) is 3.11. The minimum atomic E-state index is 0.116. The van der Waals surface area contributed by atoms with Crippen LogP contribution < -0.4 is 10.2 Å². The van der Waals surface area contributed by atoms with Crippen molar-refractivity contribution in [1.82, 2.24) is 9.88 Å². The molecule has 1 aliphatic rings. The van der Waals surface area contributed by atoms with Gasteiger partial charge in [0.25, 0.3) is 0 Å². The molecule has 1 aromatic carbocycles. The molecule has 2 heterocycles. The third kappa shape index (κ3) is 3.89. The Morgan fingerprint density at radius 1 is 1.22 bits per heavy atom. The summed E-state index contributed by atoms with van der Waals surface area (Å²) in [5.74, 6) is 0.116. The molecule has 1 saturated heterocycles. The van der Waals surface area contributed by atoms with Gasteiger partial charge in [-0.05, 0) is 31.2 Å². The van der Waals surface area contributed by atoms with Gasteiger partial charge < -0.3 is 10.2 Å². The summed E-state index contributed by atoms with van der Waals surface area (Å²) in [6.45, 7) is 6.58. The predicted molar refractivity (Wildman–Crippen MR) is 95.6 cm³/mol. The third-order valence-corrected chi connectivity index (χ3v) is 5.07. The maximum absolute atomic E-state index is 11.3. The summed E-state index contributed by atoms with van der Waals surface area (Å²) in [7, 11) is 1.90. The Kier molecular flexibility index (Phi) is 4.93. The van der Waals surface area contributed by atoms with Crippen molar-refractivity contribution in [1.29, 1.82) is 0 Å². The van der Waals surface area contributed by atoms with Crippen LogP contribution in [0.2, 0.25) is 0 Å². The predicted octanol–water partition coefficient (Wildman–Crippen LogP) is 2.71. The Labute approximate surface area is 140 Å². The number of ketones is 1. The number of anilines is 2. The molecule has 0 atom stereocenters. The largest absolute Gasteiger partial charge is 0.369 e. The molecular formula is C17H22N4OS. The van der Waals surface area contributed by atoms with Gasteiger partial charge in [-0.3, -0.25) is 9.69 Å². The first kappa shape index (κ1) is 16.0. The number of aromatic nitrogens is 1. The number of nitrogens with one attached hydrogen (secondary N) is 1. The van der Waals surface area contributed by atoms with Gasteiger partial charge in [-0.15, -0.1) is 11.3 Å². The number of piperazine rings is 1. The summed E-state index contributed by atoms with van der Waals surface area (Å²) >= 11 is 1.65. The molecule has 1 fully saturated rings. The number of rotatable bonds is 5. The van der Waals surface area contributed by atoms with Crippen LogP contribution in [0.1, 0.15) is 23.0 Å². The second kappa shape index (κ2) is 7.10. The van der Waals surface area contributed by atoms with Crippen molar-refractivity contribution >= 4 is 27.9 Å². The Morgan fingerprint density at radius 3 is 2.48 bits per heavy atom. The van der Waals surface area contributed by atoms with E-state index in [9.17, 15) is 4.79 Å². The highest BCUT2D eigenvalue weighted by Gasteiger charge is 2.18. The Balaban J connectivity index is 1.54. The molecule has 23 heavy (non-hydrogen) atoms. The maximum atomic E-state index is 11.3. The molecular weight excluding hydrogens is 308 g/mol. The van der Waals surface area contributed by atoms with E-state index < -0.39 is 0 Å². The van der Waals surface area contributed by atoms with Gasteiger partial charge in [0.1, 0.15) is 0 Å². The van der Waals surface area contributed by atoms with E-state index in [1.165, 1.54) is 5.69 Å². The van der Waals surface area contributed by atoms with Crippen molar-refractivity contribution in [2.75, 3.05) is 43.4 Å². The van der Waals surface area contributed by atoms with Gasteiger partial charge >= 0.3 is 0 Å². The SMILES string of the molecule is CNc1nc(CN2CCN(c3ccc(C(C)=O)cc3)CC2)cs1. The van der Waals surface area contributed by atoms with E-state index in [1.54, 1.807) is 18.3 Å². The van der Waals surface area contributed by atoms with Gasteiger partial charge in [-0.2, -0.15) is 0 Å². The zero-order chi connectivity index (χ0) is 16.2. The van der Waals surface area contributed by atoms with Gasteiger partial charge in [0.05, 0.1) is 5.69 Å². The van der Waals surface area contributed by atoms with Crippen LogP contribution in [0, 0.1) is 0 Å². The first-order valence-corrected chi connectivity index (χ1v) is 8.74. The normalized spacial score (nSPS) is 15.7. The van der Waals surface area contributed by atoms with Gasteiger partial charge in [0.15, 0.2) is 10.9 Å². The van der Waals surface area contributed by atoms with E-state index in [2.05, 4.69) is 25.5 Å². The van der Waals surface area contributed by atoms with E-state index >= 15 is 0 Å². The fourth-order valence-corrected chi connectivity index (χ4v) is 3.46. The number of hydrogen-bond acceptors (Lipinski definition) is 6. The van der Waals surface area contributed by atoms with Gasteiger partial charge in [-0.25, -0.2) is 4.98 Å². The number of hydrogen-bond donors (Lipinski definition) is 1. The highest BCUT2D eigenvalue weighted by Crippen LogP contribution is 2.20. The third-order valence-electron chi connectivity index (χ3n) is 4.16. The lowest BCUT2D eigenvalue weighted by atomic mass is 10.1. The Hall–Kier alpha value is -1.92. The molecule has 1 aromatic heterocycles. The number of nitrogens with zero attached hydrogens (tertiary/aromatic N) is 3. The van der Waals surface area contributed by atoms with Crippen molar-refractivity contribution in [2.24, 2.45) is 0 Å². The fraction of sp³-hybridized carbons (Fsp3) is 0.412. The number of carbonyl (C=O) groups is 1. The molecule has 0 radical (unpaired) electrons. The summed E-state index contributed by atoms with van der Waals surface area (Å²) in [5, 5.41) is 6.18. The molecule has 0 aliphatic carbocycles. The van der Waals surface area contributed by atoms with Crippen LogP contribution in [0.15, 0.2) is 29.6 Å². The molecule has 0 amide bonds. The lowest BCUT2D eigenvalue weighted by Gasteiger charge is -2.35. The van der Waals surface area contributed by atoms with Crippen LogP contribution in [0.4, 0.5) is 10.8 Å². The second-order valence-corrected chi connectivity index (χ2v) is 6.62. The minimum absolute atomic E-state index is 0.116. The Bertz CT molecular complexity index is 659.